The number of ether oxygens (including phenoxy) is 1. The number of hydrogen-bond donors (Lipinski definition) is 1. The third-order valence-corrected chi connectivity index (χ3v) is 7.05. The van der Waals surface area contributed by atoms with Crippen molar-refractivity contribution in [1.82, 2.24) is 5.32 Å². The highest BCUT2D eigenvalue weighted by Crippen LogP contribution is 2.27. The third kappa shape index (κ3) is 4.81. The molecule has 2 atom stereocenters. The lowest BCUT2D eigenvalue weighted by molar-refractivity contribution is -0.00356. The van der Waals surface area contributed by atoms with Crippen LogP contribution in [0.3, 0.4) is 0 Å². The zero-order valence-electron chi connectivity index (χ0n) is 16.0. The van der Waals surface area contributed by atoms with Gasteiger partial charge in [-0.1, -0.05) is 78.9 Å². The molecule has 1 saturated heterocycles. The number of benzene rings is 2. The maximum Gasteiger partial charge on any atom is 0.0776 e. The van der Waals surface area contributed by atoms with Crippen molar-refractivity contribution in [2.45, 2.75) is 58.2 Å². The second-order valence-corrected chi connectivity index (χ2v) is 13.4. The van der Waals surface area contributed by atoms with E-state index in [9.17, 15) is 0 Å². The van der Waals surface area contributed by atoms with Gasteiger partial charge in [-0.25, -0.2) is 0 Å². The molecule has 0 spiro atoms. The molecular weight excluding hydrogens is 322 g/mol. The van der Waals surface area contributed by atoms with Crippen molar-refractivity contribution in [2.24, 2.45) is 0 Å². The number of hydrogen-bond acceptors (Lipinski definition) is 2. The average Bonchev–Trinajstić information content (AvgIpc) is 2.60. The summed E-state index contributed by atoms with van der Waals surface area (Å²) in [5, 5.41) is 5.17. The first kappa shape index (κ1) is 18.4. The minimum absolute atomic E-state index is 0.243. The molecule has 3 heteroatoms. The summed E-state index contributed by atoms with van der Waals surface area (Å²) in [6.07, 6.45) is 2.55. The quantitative estimate of drug-likeness (QED) is 0.796. The Morgan fingerprint density at radius 1 is 1.08 bits per heavy atom. The molecule has 1 aliphatic rings. The second-order valence-electron chi connectivity index (χ2n) is 8.29. The van der Waals surface area contributed by atoms with Gasteiger partial charge in [-0.15, -0.1) is 0 Å². The molecule has 1 aliphatic heterocycles. The van der Waals surface area contributed by atoms with Crippen LogP contribution in [0.5, 0.6) is 0 Å². The largest absolute Gasteiger partial charge is 0.372 e. The van der Waals surface area contributed by atoms with Crippen molar-refractivity contribution >= 4 is 13.3 Å². The Hall–Kier alpha value is -1.42. The van der Waals surface area contributed by atoms with E-state index in [4.69, 9.17) is 4.74 Å². The van der Waals surface area contributed by atoms with Gasteiger partial charge in [0, 0.05) is 0 Å². The van der Waals surface area contributed by atoms with Gasteiger partial charge in [-0.05, 0) is 37.4 Å². The van der Waals surface area contributed by atoms with E-state index >= 15 is 0 Å². The van der Waals surface area contributed by atoms with Crippen molar-refractivity contribution in [3.63, 3.8) is 0 Å². The summed E-state index contributed by atoms with van der Waals surface area (Å²) in [7, 11) is -1.30. The lowest BCUT2D eigenvalue weighted by Crippen LogP contribution is -2.39. The van der Waals surface area contributed by atoms with Crippen LogP contribution in [0, 0.1) is 6.92 Å². The topological polar surface area (TPSA) is 21.3 Å². The molecule has 2 aromatic carbocycles. The van der Waals surface area contributed by atoms with Crippen LogP contribution in [0.4, 0.5) is 0 Å². The molecule has 0 radical (unpaired) electrons. The van der Waals surface area contributed by atoms with Gasteiger partial charge in [-0.2, -0.15) is 0 Å². The maximum absolute atomic E-state index is 6.41. The molecule has 0 bridgehead atoms. The van der Waals surface area contributed by atoms with E-state index in [-0.39, 0.29) is 6.10 Å². The van der Waals surface area contributed by atoms with Crippen LogP contribution >= 0.6 is 0 Å². The second kappa shape index (κ2) is 7.86. The molecule has 25 heavy (non-hydrogen) atoms. The molecule has 1 N–H and O–H groups in total. The normalized spacial score (nSPS) is 21.3. The predicted molar refractivity (Wildman–Crippen MR) is 109 cm³/mol. The molecule has 2 unspecified atom stereocenters. The SMILES string of the molecule is Cc1cc(COC2CCCNC2c2ccccc2)cc([Si](C)(C)C)c1. The van der Waals surface area contributed by atoms with Crippen molar-refractivity contribution in [3.05, 3.63) is 65.2 Å². The van der Waals surface area contributed by atoms with E-state index in [1.165, 1.54) is 28.3 Å². The summed E-state index contributed by atoms with van der Waals surface area (Å²) in [6, 6.07) is 18.0. The van der Waals surface area contributed by atoms with Crippen LogP contribution in [0.25, 0.3) is 0 Å². The molecular formula is C22H31NOSi. The van der Waals surface area contributed by atoms with Gasteiger partial charge in [0.25, 0.3) is 0 Å². The van der Waals surface area contributed by atoms with Crippen LogP contribution < -0.4 is 10.5 Å². The van der Waals surface area contributed by atoms with E-state index in [0.29, 0.717) is 12.6 Å². The molecule has 0 saturated carbocycles. The fourth-order valence-electron chi connectivity index (χ4n) is 3.61. The highest BCUT2D eigenvalue weighted by molar-refractivity contribution is 6.88. The minimum atomic E-state index is -1.30. The van der Waals surface area contributed by atoms with Crippen LogP contribution in [-0.2, 0) is 11.3 Å². The molecule has 1 heterocycles. The Morgan fingerprint density at radius 2 is 1.84 bits per heavy atom. The van der Waals surface area contributed by atoms with Crippen LogP contribution in [0.15, 0.2) is 48.5 Å². The lowest BCUT2D eigenvalue weighted by Gasteiger charge is -2.33. The zero-order valence-corrected chi connectivity index (χ0v) is 17.0. The van der Waals surface area contributed by atoms with E-state index in [1.54, 1.807) is 0 Å². The minimum Gasteiger partial charge on any atom is -0.372 e. The first-order valence-corrected chi connectivity index (χ1v) is 12.9. The first-order valence-electron chi connectivity index (χ1n) is 9.44. The number of aryl methyl sites for hydroxylation is 1. The summed E-state index contributed by atoms with van der Waals surface area (Å²) < 4.78 is 6.41. The van der Waals surface area contributed by atoms with Gasteiger partial charge in [0.1, 0.15) is 0 Å². The van der Waals surface area contributed by atoms with Gasteiger partial charge in [0.05, 0.1) is 26.8 Å². The Kier molecular flexibility index (Phi) is 5.77. The smallest absolute Gasteiger partial charge is 0.0776 e. The monoisotopic (exact) mass is 353 g/mol. The van der Waals surface area contributed by atoms with E-state index in [1.807, 2.05) is 0 Å². The highest BCUT2D eigenvalue weighted by atomic mass is 28.3. The molecule has 0 aromatic heterocycles. The summed E-state index contributed by atoms with van der Waals surface area (Å²) in [4.78, 5) is 0. The number of piperidine rings is 1. The van der Waals surface area contributed by atoms with Crippen LogP contribution in [0.1, 0.15) is 35.6 Å². The lowest BCUT2D eigenvalue weighted by atomic mass is 9.94. The van der Waals surface area contributed by atoms with Crippen molar-refractivity contribution < 1.29 is 4.74 Å². The molecule has 2 nitrogen and oxygen atoms in total. The molecule has 3 rings (SSSR count). The van der Waals surface area contributed by atoms with E-state index < -0.39 is 8.07 Å². The number of nitrogens with one attached hydrogen (secondary N) is 1. The van der Waals surface area contributed by atoms with Gasteiger partial charge in [0.15, 0.2) is 0 Å². The average molecular weight is 354 g/mol. The molecule has 1 fully saturated rings. The Bertz CT molecular complexity index is 693. The Morgan fingerprint density at radius 3 is 2.56 bits per heavy atom. The Balaban J connectivity index is 1.72. The molecule has 0 amide bonds. The summed E-state index contributed by atoms with van der Waals surface area (Å²) in [6.45, 7) is 11.2. The third-order valence-electron chi connectivity index (χ3n) is 5.03. The summed E-state index contributed by atoms with van der Waals surface area (Å²) in [5.74, 6) is 0. The number of rotatable bonds is 5. The fraction of sp³-hybridized carbons (Fsp3) is 0.455. The van der Waals surface area contributed by atoms with Gasteiger partial charge >= 0.3 is 0 Å². The van der Waals surface area contributed by atoms with Crippen molar-refractivity contribution in [1.29, 1.82) is 0 Å². The summed E-state index contributed by atoms with van der Waals surface area (Å²) in [5.41, 5.74) is 3.99. The van der Waals surface area contributed by atoms with Gasteiger partial charge < -0.3 is 10.1 Å². The zero-order chi connectivity index (χ0) is 17.9. The van der Waals surface area contributed by atoms with Crippen molar-refractivity contribution in [3.8, 4) is 0 Å². The predicted octanol–water partition coefficient (Wildman–Crippen LogP) is 4.55. The maximum atomic E-state index is 6.41. The molecule has 0 aliphatic carbocycles. The van der Waals surface area contributed by atoms with Gasteiger partial charge in [-0.3, -0.25) is 0 Å². The van der Waals surface area contributed by atoms with Crippen molar-refractivity contribution in [2.75, 3.05) is 6.54 Å². The standard InChI is InChI=1S/C22H31NOSi/c1-17-13-18(15-20(14-17)25(2,3)4)16-24-21-11-8-12-23-22(21)19-9-6-5-7-10-19/h5-7,9-10,13-15,21-23H,8,11-12,16H2,1-4H3. The van der Waals surface area contributed by atoms with Crippen LogP contribution in [-0.4, -0.2) is 20.7 Å². The first-order chi connectivity index (χ1) is 11.9. The van der Waals surface area contributed by atoms with E-state index in [2.05, 4.69) is 80.4 Å². The molecule has 2 aromatic rings. The molecule has 134 valence electrons. The Labute approximate surface area is 153 Å². The van der Waals surface area contributed by atoms with E-state index in [0.717, 1.165) is 13.0 Å². The van der Waals surface area contributed by atoms with Crippen LogP contribution in [0.2, 0.25) is 19.6 Å². The highest BCUT2D eigenvalue weighted by Gasteiger charge is 2.27. The van der Waals surface area contributed by atoms with Gasteiger partial charge in [0.2, 0.25) is 0 Å². The summed E-state index contributed by atoms with van der Waals surface area (Å²) >= 11 is 0. The fourth-order valence-corrected chi connectivity index (χ4v) is 4.89.